The zero-order valence-corrected chi connectivity index (χ0v) is 10.6. The third kappa shape index (κ3) is 5.29. The topological polar surface area (TPSA) is 29.5 Å². The minimum absolute atomic E-state index is 0.250. The predicted octanol–water partition coefficient (Wildman–Crippen LogP) is 2.85. The summed E-state index contributed by atoms with van der Waals surface area (Å²) < 4.78 is 18.4. The Bertz CT molecular complexity index is 339. The number of rotatable bonds is 7. The van der Waals surface area contributed by atoms with Gasteiger partial charge in [0, 0.05) is 13.2 Å². The van der Waals surface area contributed by atoms with Gasteiger partial charge in [-0.1, -0.05) is 13.0 Å². The number of aliphatic hydroxyl groups is 1. The van der Waals surface area contributed by atoms with Gasteiger partial charge in [-0.15, -0.1) is 0 Å². The molecule has 0 amide bonds. The summed E-state index contributed by atoms with van der Waals surface area (Å²) >= 11 is 0. The van der Waals surface area contributed by atoms with Crippen LogP contribution >= 0.6 is 0 Å². The van der Waals surface area contributed by atoms with Crippen LogP contribution in [0.25, 0.3) is 0 Å². The zero-order valence-electron chi connectivity index (χ0n) is 10.6. The molecule has 2 nitrogen and oxygen atoms in total. The van der Waals surface area contributed by atoms with E-state index in [0.717, 1.165) is 24.2 Å². The van der Waals surface area contributed by atoms with Crippen molar-refractivity contribution in [3.8, 4) is 0 Å². The largest absolute Gasteiger partial charge is 0.393 e. The standard InChI is InChI=1S/C14H21FO2/c1-3-7-17-8-6-14(16)10-12-9-13(15)5-4-11(12)2/h4-5,9,14,16H,3,6-8,10H2,1-2H3. The molecule has 96 valence electrons. The molecule has 0 fully saturated rings. The molecule has 1 atom stereocenters. The molecule has 0 aliphatic rings. The number of halogens is 1. The molecule has 0 aliphatic carbocycles. The van der Waals surface area contributed by atoms with Crippen LogP contribution in [-0.2, 0) is 11.2 Å². The average Bonchev–Trinajstić information content (AvgIpc) is 2.29. The van der Waals surface area contributed by atoms with E-state index in [-0.39, 0.29) is 5.82 Å². The van der Waals surface area contributed by atoms with Crippen LogP contribution < -0.4 is 0 Å². The van der Waals surface area contributed by atoms with Gasteiger partial charge in [-0.05, 0) is 49.4 Å². The van der Waals surface area contributed by atoms with Crippen molar-refractivity contribution in [1.29, 1.82) is 0 Å². The van der Waals surface area contributed by atoms with E-state index in [1.54, 1.807) is 6.07 Å². The number of benzene rings is 1. The van der Waals surface area contributed by atoms with Gasteiger partial charge in [-0.25, -0.2) is 4.39 Å². The lowest BCUT2D eigenvalue weighted by molar-refractivity contribution is 0.0823. The Morgan fingerprint density at radius 2 is 2.12 bits per heavy atom. The zero-order chi connectivity index (χ0) is 12.7. The van der Waals surface area contributed by atoms with E-state index >= 15 is 0 Å². The molecule has 3 heteroatoms. The second-order valence-corrected chi connectivity index (χ2v) is 4.33. The van der Waals surface area contributed by atoms with Crippen molar-refractivity contribution in [2.75, 3.05) is 13.2 Å². The molecule has 1 aromatic rings. The van der Waals surface area contributed by atoms with Crippen LogP contribution in [-0.4, -0.2) is 24.4 Å². The van der Waals surface area contributed by atoms with Gasteiger partial charge in [0.1, 0.15) is 5.82 Å². The molecule has 0 heterocycles. The van der Waals surface area contributed by atoms with E-state index in [9.17, 15) is 9.50 Å². The first-order valence-electron chi connectivity index (χ1n) is 6.14. The van der Waals surface area contributed by atoms with Crippen LogP contribution in [0.15, 0.2) is 18.2 Å². The third-order valence-corrected chi connectivity index (χ3v) is 2.71. The highest BCUT2D eigenvalue weighted by atomic mass is 19.1. The predicted molar refractivity (Wildman–Crippen MR) is 66.6 cm³/mol. The smallest absolute Gasteiger partial charge is 0.123 e. The first-order chi connectivity index (χ1) is 8.13. The quantitative estimate of drug-likeness (QED) is 0.743. The number of aliphatic hydroxyl groups excluding tert-OH is 1. The summed E-state index contributed by atoms with van der Waals surface area (Å²) in [4.78, 5) is 0. The average molecular weight is 240 g/mol. The molecule has 1 aromatic carbocycles. The molecule has 0 aromatic heterocycles. The summed E-state index contributed by atoms with van der Waals surface area (Å²) in [7, 11) is 0. The van der Waals surface area contributed by atoms with E-state index in [0.29, 0.717) is 19.4 Å². The highest BCUT2D eigenvalue weighted by Crippen LogP contribution is 2.13. The molecule has 0 bridgehead atoms. The van der Waals surface area contributed by atoms with Gasteiger partial charge in [-0.3, -0.25) is 0 Å². The molecule has 1 rings (SSSR count). The van der Waals surface area contributed by atoms with Crippen molar-refractivity contribution in [3.63, 3.8) is 0 Å². The number of hydrogen-bond acceptors (Lipinski definition) is 2. The Morgan fingerprint density at radius 3 is 2.82 bits per heavy atom. The summed E-state index contributed by atoms with van der Waals surface area (Å²) in [6.45, 7) is 5.26. The molecule has 17 heavy (non-hydrogen) atoms. The van der Waals surface area contributed by atoms with Crippen LogP contribution in [0.3, 0.4) is 0 Å². The van der Waals surface area contributed by atoms with Gasteiger partial charge in [0.15, 0.2) is 0 Å². The number of ether oxygens (including phenoxy) is 1. The normalized spacial score (nSPS) is 12.7. The van der Waals surface area contributed by atoms with Crippen molar-refractivity contribution < 1.29 is 14.2 Å². The van der Waals surface area contributed by atoms with E-state index in [1.165, 1.54) is 12.1 Å². The van der Waals surface area contributed by atoms with Crippen molar-refractivity contribution >= 4 is 0 Å². The monoisotopic (exact) mass is 240 g/mol. The number of hydrogen-bond donors (Lipinski definition) is 1. The summed E-state index contributed by atoms with van der Waals surface area (Å²) in [5, 5.41) is 9.81. The van der Waals surface area contributed by atoms with E-state index in [4.69, 9.17) is 4.74 Å². The maximum absolute atomic E-state index is 13.0. The van der Waals surface area contributed by atoms with Crippen LogP contribution in [0.1, 0.15) is 30.9 Å². The lowest BCUT2D eigenvalue weighted by atomic mass is 10.0. The van der Waals surface area contributed by atoms with Crippen molar-refractivity contribution in [1.82, 2.24) is 0 Å². The fourth-order valence-corrected chi connectivity index (χ4v) is 1.68. The molecular formula is C14H21FO2. The Hall–Kier alpha value is -0.930. The van der Waals surface area contributed by atoms with Crippen LogP contribution in [0.2, 0.25) is 0 Å². The Kier molecular flexibility index (Phi) is 6.16. The van der Waals surface area contributed by atoms with E-state index in [2.05, 4.69) is 0 Å². The maximum atomic E-state index is 13.0. The van der Waals surface area contributed by atoms with Gasteiger partial charge in [0.2, 0.25) is 0 Å². The molecule has 0 spiro atoms. The molecule has 1 unspecified atom stereocenters. The second-order valence-electron chi connectivity index (χ2n) is 4.33. The van der Waals surface area contributed by atoms with Crippen LogP contribution in [0, 0.1) is 12.7 Å². The van der Waals surface area contributed by atoms with Crippen LogP contribution in [0.5, 0.6) is 0 Å². The maximum Gasteiger partial charge on any atom is 0.123 e. The first kappa shape index (κ1) is 14.1. The highest BCUT2D eigenvalue weighted by Gasteiger charge is 2.08. The lowest BCUT2D eigenvalue weighted by Gasteiger charge is -2.12. The Labute approximate surface area is 102 Å². The summed E-state index contributed by atoms with van der Waals surface area (Å²) in [6.07, 6.45) is 1.60. The third-order valence-electron chi connectivity index (χ3n) is 2.71. The molecule has 0 aliphatic heterocycles. The molecule has 1 N–H and O–H groups in total. The minimum atomic E-state index is -0.465. The minimum Gasteiger partial charge on any atom is -0.393 e. The van der Waals surface area contributed by atoms with Gasteiger partial charge in [0.25, 0.3) is 0 Å². The van der Waals surface area contributed by atoms with E-state index in [1.807, 2.05) is 13.8 Å². The SMILES string of the molecule is CCCOCCC(O)Cc1cc(F)ccc1C. The van der Waals surface area contributed by atoms with Gasteiger partial charge in [-0.2, -0.15) is 0 Å². The second kappa shape index (κ2) is 7.41. The summed E-state index contributed by atoms with van der Waals surface area (Å²) in [5.74, 6) is -0.250. The van der Waals surface area contributed by atoms with Crippen molar-refractivity contribution in [3.05, 3.63) is 35.1 Å². The van der Waals surface area contributed by atoms with Gasteiger partial charge in [0.05, 0.1) is 6.10 Å². The van der Waals surface area contributed by atoms with E-state index < -0.39 is 6.10 Å². The molecule has 0 saturated heterocycles. The summed E-state index contributed by atoms with van der Waals surface area (Å²) in [6, 6.07) is 4.67. The lowest BCUT2D eigenvalue weighted by Crippen LogP contribution is -2.14. The van der Waals surface area contributed by atoms with Crippen molar-refractivity contribution in [2.24, 2.45) is 0 Å². The molecule has 0 radical (unpaired) electrons. The fraction of sp³-hybridized carbons (Fsp3) is 0.571. The Morgan fingerprint density at radius 1 is 1.35 bits per heavy atom. The highest BCUT2D eigenvalue weighted by molar-refractivity contribution is 5.27. The van der Waals surface area contributed by atoms with Crippen molar-refractivity contribution in [2.45, 2.75) is 39.2 Å². The Balaban J connectivity index is 2.39. The van der Waals surface area contributed by atoms with Gasteiger partial charge >= 0.3 is 0 Å². The fourth-order valence-electron chi connectivity index (χ4n) is 1.68. The first-order valence-corrected chi connectivity index (χ1v) is 6.14. The number of aryl methyl sites for hydroxylation is 1. The molecular weight excluding hydrogens is 219 g/mol. The van der Waals surface area contributed by atoms with Gasteiger partial charge < -0.3 is 9.84 Å². The summed E-state index contributed by atoms with van der Waals surface area (Å²) in [5.41, 5.74) is 1.88. The van der Waals surface area contributed by atoms with Crippen LogP contribution in [0.4, 0.5) is 4.39 Å². The molecule has 0 saturated carbocycles.